The standard InChI is InChI=1S/C35H46N6OS/c1-37-22-34(21-36)43(42)33-13-11-32(12-14-33)41-24-28(25-41)23-39-18-15-31(16-19-39)35(30-9-5-6-10-30,26-40-20-17-38-27-40)29-7-3-2-4-8-29/h2-4,7-8,11-14,17,20-22,27-28,30-31,36-37H,5-6,9-10,15-16,18-19,23-26H2,1H3/b34-22+,36-21?. The van der Waals surface area contributed by atoms with E-state index in [1.165, 1.54) is 69.4 Å². The SMILES string of the molecule is CN/C=C(\C=N)[S+]([O-])c1ccc(N2CC(CN3CCC(C(Cn4ccnc4)(c4ccccc4)C4CCCC4)CC3)C2)cc1. The maximum atomic E-state index is 12.8. The summed E-state index contributed by atoms with van der Waals surface area (Å²) in [6.07, 6.45) is 16.8. The smallest absolute Gasteiger partial charge is 0.191 e. The Hall–Kier alpha value is -3.07. The van der Waals surface area contributed by atoms with Crippen molar-refractivity contribution in [2.45, 2.75) is 55.4 Å². The number of nitrogens with one attached hydrogen (secondary N) is 2. The van der Waals surface area contributed by atoms with Gasteiger partial charge in [-0.3, -0.25) is 0 Å². The normalized spacial score (nSPS) is 21.3. The highest BCUT2D eigenvalue weighted by molar-refractivity contribution is 7.96. The van der Waals surface area contributed by atoms with Gasteiger partial charge in [-0.2, -0.15) is 0 Å². The van der Waals surface area contributed by atoms with Crippen LogP contribution in [0.15, 0.2) is 89.3 Å². The average Bonchev–Trinajstić information content (AvgIpc) is 3.76. The van der Waals surface area contributed by atoms with E-state index in [1.54, 1.807) is 13.2 Å². The van der Waals surface area contributed by atoms with Crippen LogP contribution >= 0.6 is 0 Å². The predicted octanol–water partition coefficient (Wildman–Crippen LogP) is 5.68. The topological polar surface area (TPSA) is 83.2 Å². The lowest BCUT2D eigenvalue weighted by molar-refractivity contribution is 0.0646. The zero-order valence-corrected chi connectivity index (χ0v) is 26.2. The highest BCUT2D eigenvalue weighted by Crippen LogP contribution is 2.51. The lowest BCUT2D eigenvalue weighted by Crippen LogP contribution is -2.54. The van der Waals surface area contributed by atoms with Crippen LogP contribution in [0.25, 0.3) is 0 Å². The molecule has 8 heteroatoms. The number of piperidine rings is 1. The summed E-state index contributed by atoms with van der Waals surface area (Å²) in [5.74, 6) is 2.09. The largest absolute Gasteiger partial charge is 0.606 e. The first-order chi connectivity index (χ1) is 21.1. The zero-order valence-electron chi connectivity index (χ0n) is 25.4. The molecule has 43 heavy (non-hydrogen) atoms. The molecule has 1 saturated carbocycles. The summed E-state index contributed by atoms with van der Waals surface area (Å²) in [5.41, 5.74) is 2.88. The number of aromatic nitrogens is 2. The number of hydrogen-bond donors (Lipinski definition) is 2. The molecule has 0 spiro atoms. The van der Waals surface area contributed by atoms with Gasteiger partial charge in [0.05, 0.1) is 18.7 Å². The number of anilines is 1. The molecule has 2 atom stereocenters. The molecular formula is C35H46N6OS. The molecule has 1 aromatic heterocycles. The molecule has 3 heterocycles. The second-order valence-electron chi connectivity index (χ2n) is 12.7. The highest BCUT2D eigenvalue weighted by Gasteiger charge is 2.48. The van der Waals surface area contributed by atoms with E-state index in [-0.39, 0.29) is 5.41 Å². The van der Waals surface area contributed by atoms with Crippen LogP contribution < -0.4 is 10.2 Å². The Morgan fingerprint density at radius 2 is 1.72 bits per heavy atom. The van der Waals surface area contributed by atoms with Gasteiger partial charge in [-0.25, -0.2) is 4.98 Å². The fourth-order valence-electron chi connectivity index (χ4n) is 8.13. The number of nitrogens with zero attached hydrogens (tertiary/aromatic N) is 4. The third-order valence-corrected chi connectivity index (χ3v) is 11.6. The van der Waals surface area contributed by atoms with Crippen LogP contribution in [0.2, 0.25) is 0 Å². The fourth-order valence-corrected chi connectivity index (χ4v) is 9.11. The van der Waals surface area contributed by atoms with Crippen LogP contribution in [-0.4, -0.2) is 65.0 Å². The molecule has 228 valence electrons. The molecule has 0 amide bonds. The van der Waals surface area contributed by atoms with Crippen molar-refractivity contribution in [3.05, 3.63) is 90.0 Å². The van der Waals surface area contributed by atoms with Crippen molar-refractivity contribution < 1.29 is 4.55 Å². The molecule has 2 aliphatic heterocycles. The number of likely N-dealkylation sites (tertiary alicyclic amines) is 1. The van der Waals surface area contributed by atoms with Gasteiger partial charge in [0, 0.05) is 73.8 Å². The van der Waals surface area contributed by atoms with Crippen LogP contribution in [-0.2, 0) is 23.1 Å². The fraction of sp³-hybridized carbons (Fsp3) is 0.486. The molecule has 7 nitrogen and oxygen atoms in total. The Kier molecular flexibility index (Phi) is 9.55. The maximum absolute atomic E-state index is 12.8. The van der Waals surface area contributed by atoms with Gasteiger partial charge in [0.2, 0.25) is 0 Å². The monoisotopic (exact) mass is 598 g/mol. The molecule has 6 rings (SSSR count). The molecule has 2 aromatic carbocycles. The van der Waals surface area contributed by atoms with Crippen molar-refractivity contribution in [3.8, 4) is 0 Å². The van der Waals surface area contributed by atoms with Gasteiger partial charge >= 0.3 is 0 Å². The van der Waals surface area contributed by atoms with Crippen LogP contribution in [0.1, 0.15) is 44.1 Å². The van der Waals surface area contributed by atoms with Gasteiger partial charge in [-0.15, -0.1) is 0 Å². The van der Waals surface area contributed by atoms with E-state index in [0.29, 0.717) is 16.7 Å². The summed E-state index contributed by atoms with van der Waals surface area (Å²) in [5, 5.41) is 10.4. The number of allylic oxidation sites excluding steroid dienone is 1. The maximum Gasteiger partial charge on any atom is 0.191 e. The summed E-state index contributed by atoms with van der Waals surface area (Å²) < 4.78 is 15.1. The Bertz CT molecular complexity index is 1330. The predicted molar refractivity (Wildman–Crippen MR) is 176 cm³/mol. The molecule has 0 radical (unpaired) electrons. The van der Waals surface area contributed by atoms with Gasteiger partial charge in [0.15, 0.2) is 9.80 Å². The van der Waals surface area contributed by atoms with Crippen molar-refractivity contribution in [1.82, 2.24) is 19.8 Å². The number of imidazole rings is 1. The Balaban J connectivity index is 1.07. The molecule has 3 aliphatic rings. The molecule has 2 saturated heterocycles. The van der Waals surface area contributed by atoms with E-state index in [0.717, 1.165) is 36.7 Å². The van der Waals surface area contributed by atoms with Gasteiger partial charge in [-0.1, -0.05) is 43.2 Å². The lowest BCUT2D eigenvalue weighted by atomic mass is 9.59. The van der Waals surface area contributed by atoms with E-state index >= 15 is 0 Å². The summed E-state index contributed by atoms with van der Waals surface area (Å²) in [6.45, 7) is 6.72. The van der Waals surface area contributed by atoms with Crippen LogP contribution in [0.3, 0.4) is 0 Å². The molecular weight excluding hydrogens is 552 g/mol. The second kappa shape index (κ2) is 13.7. The zero-order chi connectivity index (χ0) is 29.6. The minimum Gasteiger partial charge on any atom is -0.606 e. The third-order valence-electron chi connectivity index (χ3n) is 10.2. The number of benzene rings is 2. The third kappa shape index (κ3) is 6.42. The molecule has 3 aromatic rings. The molecule has 3 fully saturated rings. The minimum atomic E-state index is -1.35. The van der Waals surface area contributed by atoms with Gasteiger partial charge in [-0.05, 0) is 80.4 Å². The van der Waals surface area contributed by atoms with E-state index in [9.17, 15) is 4.55 Å². The molecule has 2 unspecified atom stereocenters. The summed E-state index contributed by atoms with van der Waals surface area (Å²) in [6, 6.07) is 19.5. The first-order valence-electron chi connectivity index (χ1n) is 16.0. The van der Waals surface area contributed by atoms with E-state index in [2.05, 4.69) is 73.3 Å². The van der Waals surface area contributed by atoms with Gasteiger partial charge in [0.25, 0.3) is 0 Å². The van der Waals surface area contributed by atoms with Crippen LogP contribution in [0, 0.1) is 23.2 Å². The average molecular weight is 599 g/mol. The molecule has 2 N–H and O–H groups in total. The van der Waals surface area contributed by atoms with Crippen LogP contribution in [0.4, 0.5) is 5.69 Å². The van der Waals surface area contributed by atoms with Crippen LogP contribution in [0.5, 0.6) is 0 Å². The lowest BCUT2D eigenvalue weighted by Gasteiger charge is -2.50. The van der Waals surface area contributed by atoms with Crippen molar-refractivity contribution in [2.24, 2.45) is 17.8 Å². The Morgan fingerprint density at radius 3 is 2.35 bits per heavy atom. The Labute approximate surface area is 260 Å². The minimum absolute atomic E-state index is 0.163. The van der Waals surface area contributed by atoms with Crippen molar-refractivity contribution >= 4 is 23.1 Å². The van der Waals surface area contributed by atoms with Crippen molar-refractivity contribution in [2.75, 3.05) is 44.7 Å². The second-order valence-corrected chi connectivity index (χ2v) is 14.2. The quantitative estimate of drug-likeness (QED) is 0.207. The van der Waals surface area contributed by atoms with Gasteiger partial charge < -0.3 is 29.6 Å². The van der Waals surface area contributed by atoms with E-state index < -0.39 is 11.2 Å². The Morgan fingerprint density at radius 1 is 1.02 bits per heavy atom. The first-order valence-corrected chi connectivity index (χ1v) is 17.1. The highest BCUT2D eigenvalue weighted by atomic mass is 32.2. The number of rotatable bonds is 12. The molecule has 0 bridgehead atoms. The molecule has 1 aliphatic carbocycles. The van der Waals surface area contributed by atoms with Crippen molar-refractivity contribution in [3.63, 3.8) is 0 Å². The van der Waals surface area contributed by atoms with Gasteiger partial charge in [0.1, 0.15) is 0 Å². The summed E-state index contributed by atoms with van der Waals surface area (Å²) in [4.78, 5) is 10.8. The summed E-state index contributed by atoms with van der Waals surface area (Å²) in [7, 11) is 1.75. The summed E-state index contributed by atoms with van der Waals surface area (Å²) >= 11 is -1.35. The van der Waals surface area contributed by atoms with E-state index in [1.807, 2.05) is 24.7 Å². The van der Waals surface area contributed by atoms with E-state index in [4.69, 9.17) is 5.41 Å². The first kappa shape index (κ1) is 30.0. The van der Waals surface area contributed by atoms with Crippen molar-refractivity contribution in [1.29, 1.82) is 5.41 Å². The number of hydrogen-bond acceptors (Lipinski definition) is 6.